The minimum absolute atomic E-state index is 0.0412. The van der Waals surface area contributed by atoms with Crippen LogP contribution in [0.15, 0.2) is 36.5 Å². The van der Waals surface area contributed by atoms with Crippen molar-refractivity contribution in [1.82, 2.24) is 4.57 Å². The molecular weight excluding hydrogens is 232 g/mol. The number of rotatable bonds is 2. The third-order valence-electron chi connectivity index (χ3n) is 3.88. The molecule has 3 heteroatoms. The molecule has 0 saturated heterocycles. The summed E-state index contributed by atoms with van der Waals surface area (Å²) in [4.78, 5) is 0. The van der Waals surface area contributed by atoms with Gasteiger partial charge in [0.1, 0.15) is 0 Å². The number of para-hydroxylation sites is 1. The number of benzene rings is 1. The lowest BCUT2D eigenvalue weighted by Crippen LogP contribution is -2.28. The van der Waals surface area contributed by atoms with E-state index in [2.05, 4.69) is 22.8 Å². The van der Waals surface area contributed by atoms with Gasteiger partial charge in [-0.15, -0.1) is 0 Å². The molecule has 3 rings (SSSR count). The molecule has 1 atom stereocenters. The monoisotopic (exact) mass is 249 g/mol. The summed E-state index contributed by atoms with van der Waals surface area (Å²) in [6.07, 6.45) is 3.69. The Hall–Kier alpha value is -1.38. The maximum atomic E-state index is 13.4. The molecule has 0 aliphatic heterocycles. The summed E-state index contributed by atoms with van der Waals surface area (Å²) >= 11 is 0. The first kappa shape index (κ1) is 11.7. The van der Waals surface area contributed by atoms with E-state index in [-0.39, 0.29) is 18.8 Å². The van der Waals surface area contributed by atoms with Gasteiger partial charge in [-0.25, -0.2) is 8.78 Å². The van der Waals surface area contributed by atoms with Crippen LogP contribution < -0.4 is 0 Å². The molecule has 1 aliphatic rings. The molecule has 1 nitrogen and oxygen atoms in total. The molecule has 1 aromatic heterocycles. The number of hydrogen-bond acceptors (Lipinski definition) is 0. The molecule has 0 radical (unpaired) electrons. The number of aromatic nitrogens is 1. The van der Waals surface area contributed by atoms with E-state index in [1.165, 1.54) is 5.39 Å². The van der Waals surface area contributed by atoms with Crippen LogP contribution in [-0.2, 0) is 6.54 Å². The van der Waals surface area contributed by atoms with E-state index < -0.39 is 5.92 Å². The summed E-state index contributed by atoms with van der Waals surface area (Å²) in [5.41, 5.74) is 1.14. The number of halogens is 2. The predicted molar refractivity (Wildman–Crippen MR) is 68.8 cm³/mol. The molecule has 0 bridgehead atoms. The smallest absolute Gasteiger partial charge is 0.248 e. The van der Waals surface area contributed by atoms with Crippen LogP contribution >= 0.6 is 0 Å². The average molecular weight is 249 g/mol. The van der Waals surface area contributed by atoms with Crippen LogP contribution in [0.25, 0.3) is 10.9 Å². The second kappa shape index (κ2) is 4.38. The molecule has 2 aromatic rings. The maximum absolute atomic E-state index is 13.4. The van der Waals surface area contributed by atoms with Gasteiger partial charge in [0.25, 0.3) is 0 Å². The fourth-order valence-corrected chi connectivity index (χ4v) is 3.01. The Bertz CT molecular complexity index is 544. The first-order chi connectivity index (χ1) is 8.64. The Morgan fingerprint density at radius 1 is 1.22 bits per heavy atom. The van der Waals surface area contributed by atoms with E-state index in [1.807, 2.05) is 18.3 Å². The van der Waals surface area contributed by atoms with Gasteiger partial charge < -0.3 is 4.57 Å². The Morgan fingerprint density at radius 2 is 2.06 bits per heavy atom. The van der Waals surface area contributed by atoms with Gasteiger partial charge in [-0.05, 0) is 36.3 Å². The highest BCUT2D eigenvalue weighted by Crippen LogP contribution is 2.37. The van der Waals surface area contributed by atoms with Gasteiger partial charge in [-0.3, -0.25) is 0 Å². The second-order valence-corrected chi connectivity index (χ2v) is 5.35. The Balaban J connectivity index is 1.80. The minimum Gasteiger partial charge on any atom is -0.347 e. The molecule has 0 spiro atoms. The quantitative estimate of drug-likeness (QED) is 0.740. The van der Waals surface area contributed by atoms with Crippen molar-refractivity contribution in [3.05, 3.63) is 36.5 Å². The molecule has 1 unspecified atom stereocenters. The van der Waals surface area contributed by atoms with Crippen LogP contribution in [0.5, 0.6) is 0 Å². The number of fused-ring (bicyclic) bond motifs is 1. The number of alkyl halides is 2. The fraction of sp³-hybridized carbons (Fsp3) is 0.467. The van der Waals surface area contributed by atoms with E-state index in [4.69, 9.17) is 0 Å². The fourth-order valence-electron chi connectivity index (χ4n) is 3.01. The SMILES string of the molecule is FC1(F)CCCC(Cn2ccc3ccccc32)C1. The zero-order chi connectivity index (χ0) is 12.6. The summed E-state index contributed by atoms with van der Waals surface area (Å²) < 4.78 is 28.9. The van der Waals surface area contributed by atoms with Crippen molar-refractivity contribution in [2.45, 2.75) is 38.2 Å². The Kier molecular flexibility index (Phi) is 2.84. The van der Waals surface area contributed by atoms with E-state index in [1.54, 1.807) is 0 Å². The van der Waals surface area contributed by atoms with Crippen molar-refractivity contribution in [3.8, 4) is 0 Å². The molecule has 18 heavy (non-hydrogen) atoms. The molecule has 0 amide bonds. The second-order valence-electron chi connectivity index (χ2n) is 5.35. The molecule has 1 aromatic carbocycles. The van der Waals surface area contributed by atoms with Crippen molar-refractivity contribution >= 4 is 10.9 Å². The summed E-state index contributed by atoms with van der Waals surface area (Å²) in [7, 11) is 0. The molecule has 1 aliphatic carbocycles. The van der Waals surface area contributed by atoms with Crippen molar-refractivity contribution in [1.29, 1.82) is 0 Å². The number of nitrogens with zero attached hydrogens (tertiary/aromatic N) is 1. The van der Waals surface area contributed by atoms with Gasteiger partial charge in [0.15, 0.2) is 0 Å². The highest BCUT2D eigenvalue weighted by Gasteiger charge is 2.36. The molecule has 0 N–H and O–H groups in total. The van der Waals surface area contributed by atoms with Gasteiger partial charge in [0.05, 0.1) is 0 Å². The summed E-state index contributed by atoms with van der Waals surface area (Å²) in [6, 6.07) is 10.2. The summed E-state index contributed by atoms with van der Waals surface area (Å²) in [5.74, 6) is -2.35. The minimum atomic E-state index is -2.45. The van der Waals surface area contributed by atoms with Crippen molar-refractivity contribution in [3.63, 3.8) is 0 Å². The van der Waals surface area contributed by atoms with Crippen LogP contribution in [-0.4, -0.2) is 10.5 Å². The van der Waals surface area contributed by atoms with Crippen LogP contribution in [0.2, 0.25) is 0 Å². The summed E-state index contributed by atoms with van der Waals surface area (Å²) in [6.45, 7) is 0.711. The lowest BCUT2D eigenvalue weighted by molar-refractivity contribution is -0.0545. The van der Waals surface area contributed by atoms with Crippen LogP contribution in [0.4, 0.5) is 8.78 Å². The Labute approximate surface area is 105 Å². The first-order valence-electron chi connectivity index (χ1n) is 6.56. The zero-order valence-corrected chi connectivity index (χ0v) is 10.3. The third kappa shape index (κ3) is 2.26. The lowest BCUT2D eigenvalue weighted by atomic mass is 9.86. The van der Waals surface area contributed by atoms with Crippen LogP contribution in [0.3, 0.4) is 0 Å². The van der Waals surface area contributed by atoms with Crippen molar-refractivity contribution < 1.29 is 8.78 Å². The van der Waals surface area contributed by atoms with Crippen LogP contribution in [0, 0.1) is 5.92 Å². The first-order valence-corrected chi connectivity index (χ1v) is 6.56. The van der Waals surface area contributed by atoms with Gasteiger partial charge in [0, 0.05) is 31.1 Å². The van der Waals surface area contributed by atoms with E-state index in [9.17, 15) is 8.78 Å². The van der Waals surface area contributed by atoms with E-state index >= 15 is 0 Å². The van der Waals surface area contributed by atoms with Gasteiger partial charge >= 0.3 is 0 Å². The number of hydrogen-bond donors (Lipinski definition) is 0. The molecule has 1 heterocycles. The largest absolute Gasteiger partial charge is 0.347 e. The zero-order valence-electron chi connectivity index (χ0n) is 10.3. The van der Waals surface area contributed by atoms with Gasteiger partial charge in [-0.2, -0.15) is 0 Å². The normalized spacial score (nSPS) is 23.3. The van der Waals surface area contributed by atoms with E-state index in [0.717, 1.165) is 11.9 Å². The topological polar surface area (TPSA) is 4.93 Å². The predicted octanol–water partition coefficient (Wildman–Crippen LogP) is 4.47. The van der Waals surface area contributed by atoms with Gasteiger partial charge in [-0.1, -0.05) is 18.2 Å². The van der Waals surface area contributed by atoms with Crippen LogP contribution in [0.1, 0.15) is 25.7 Å². The van der Waals surface area contributed by atoms with Crippen molar-refractivity contribution in [2.75, 3.05) is 0 Å². The lowest BCUT2D eigenvalue weighted by Gasteiger charge is -2.29. The van der Waals surface area contributed by atoms with Gasteiger partial charge in [0.2, 0.25) is 5.92 Å². The average Bonchev–Trinajstić information content (AvgIpc) is 2.72. The van der Waals surface area contributed by atoms with Crippen molar-refractivity contribution in [2.24, 2.45) is 5.92 Å². The molecular formula is C15H17F2N. The molecule has 96 valence electrons. The summed E-state index contributed by atoms with van der Waals surface area (Å²) in [5, 5.41) is 1.18. The highest BCUT2D eigenvalue weighted by molar-refractivity contribution is 5.79. The highest BCUT2D eigenvalue weighted by atomic mass is 19.3. The Morgan fingerprint density at radius 3 is 2.89 bits per heavy atom. The standard InChI is InChI=1S/C15H17F2N/c16-15(17)8-3-4-12(10-15)11-18-9-7-13-5-1-2-6-14(13)18/h1-2,5-7,9,12H,3-4,8,10-11H2. The maximum Gasteiger partial charge on any atom is 0.248 e. The molecule has 1 fully saturated rings. The van der Waals surface area contributed by atoms with E-state index in [0.29, 0.717) is 13.0 Å². The molecule has 1 saturated carbocycles. The third-order valence-corrected chi connectivity index (χ3v) is 3.88.